The number of nitrogens with zero attached hydrogens (tertiary/aromatic N) is 1. The average Bonchev–Trinajstić information content (AvgIpc) is 3.22. The number of rotatable bonds is 9. The summed E-state index contributed by atoms with van der Waals surface area (Å²) in [5.41, 5.74) is 5.73. The van der Waals surface area contributed by atoms with Crippen molar-refractivity contribution in [3.8, 4) is 11.5 Å². The first kappa shape index (κ1) is 23.0. The van der Waals surface area contributed by atoms with Gasteiger partial charge in [-0.05, 0) is 66.3 Å². The Bertz CT molecular complexity index is 1070. The molecule has 5 nitrogen and oxygen atoms in total. The number of methoxy groups -OCH3 is 1. The van der Waals surface area contributed by atoms with Crippen molar-refractivity contribution >= 4 is 6.29 Å². The number of aryl methyl sites for hydroxylation is 1. The SMILES string of the molecule is COc1ccc(C[C@H]2COC(C=O)N2Cc2cc(C)c(C)c(OCc3ccccc3)c2)cc1. The predicted octanol–water partition coefficient (Wildman–Crippen LogP) is 4.86. The normalized spacial score (nSPS) is 18.3. The topological polar surface area (TPSA) is 48.0 Å². The lowest BCUT2D eigenvalue weighted by atomic mass is 10.0. The van der Waals surface area contributed by atoms with Gasteiger partial charge in [0, 0.05) is 12.6 Å². The Labute approximate surface area is 195 Å². The lowest BCUT2D eigenvalue weighted by Crippen LogP contribution is -2.38. The molecule has 0 aromatic heterocycles. The van der Waals surface area contributed by atoms with Crippen LogP contribution in [0.5, 0.6) is 11.5 Å². The largest absolute Gasteiger partial charge is 0.497 e. The summed E-state index contributed by atoms with van der Waals surface area (Å²) < 4.78 is 17.2. The van der Waals surface area contributed by atoms with E-state index in [2.05, 4.69) is 55.1 Å². The van der Waals surface area contributed by atoms with Crippen molar-refractivity contribution < 1.29 is 19.0 Å². The molecule has 1 aliphatic rings. The van der Waals surface area contributed by atoms with Crippen molar-refractivity contribution in [1.82, 2.24) is 4.90 Å². The van der Waals surface area contributed by atoms with Crippen LogP contribution in [-0.4, -0.2) is 37.2 Å². The van der Waals surface area contributed by atoms with Gasteiger partial charge in [0.05, 0.1) is 13.7 Å². The van der Waals surface area contributed by atoms with Crippen LogP contribution in [0.1, 0.15) is 27.8 Å². The van der Waals surface area contributed by atoms with Gasteiger partial charge in [0.15, 0.2) is 12.5 Å². The molecule has 0 spiro atoms. The van der Waals surface area contributed by atoms with E-state index in [-0.39, 0.29) is 6.04 Å². The van der Waals surface area contributed by atoms with Gasteiger partial charge in [-0.3, -0.25) is 9.69 Å². The molecule has 1 aliphatic heterocycles. The van der Waals surface area contributed by atoms with E-state index in [1.807, 2.05) is 30.3 Å². The van der Waals surface area contributed by atoms with Crippen molar-refractivity contribution in [2.75, 3.05) is 13.7 Å². The molecule has 33 heavy (non-hydrogen) atoms. The zero-order chi connectivity index (χ0) is 23.2. The highest BCUT2D eigenvalue weighted by molar-refractivity contribution is 5.56. The van der Waals surface area contributed by atoms with Crippen LogP contribution >= 0.6 is 0 Å². The maximum Gasteiger partial charge on any atom is 0.167 e. The van der Waals surface area contributed by atoms with E-state index in [9.17, 15) is 4.79 Å². The van der Waals surface area contributed by atoms with E-state index in [0.29, 0.717) is 19.8 Å². The van der Waals surface area contributed by atoms with Crippen LogP contribution in [0.4, 0.5) is 0 Å². The highest BCUT2D eigenvalue weighted by atomic mass is 16.5. The Hall–Kier alpha value is -3.15. The molecule has 1 fully saturated rings. The maximum atomic E-state index is 11.7. The summed E-state index contributed by atoms with van der Waals surface area (Å²) in [4.78, 5) is 13.9. The fourth-order valence-electron chi connectivity index (χ4n) is 4.24. The highest BCUT2D eigenvalue weighted by Gasteiger charge is 2.34. The number of hydrogen-bond acceptors (Lipinski definition) is 5. The van der Waals surface area contributed by atoms with E-state index in [1.54, 1.807) is 7.11 Å². The number of aldehydes is 1. The summed E-state index contributed by atoms with van der Waals surface area (Å²) in [6.45, 7) is 5.85. The number of benzene rings is 3. The quantitative estimate of drug-likeness (QED) is 0.440. The summed E-state index contributed by atoms with van der Waals surface area (Å²) in [6.07, 6.45) is 1.15. The van der Waals surface area contributed by atoms with Gasteiger partial charge in [-0.15, -0.1) is 0 Å². The molecule has 1 unspecified atom stereocenters. The Morgan fingerprint density at radius 2 is 1.76 bits per heavy atom. The number of carbonyl (C=O) groups is 1. The molecule has 1 heterocycles. The minimum atomic E-state index is -0.538. The molecule has 1 saturated heterocycles. The Morgan fingerprint density at radius 1 is 1.00 bits per heavy atom. The number of hydrogen-bond donors (Lipinski definition) is 0. The standard InChI is InChI=1S/C28H31NO4/c1-20-13-24(15-27(21(20)2)32-18-23-7-5-4-6-8-23)16-29-25(19-33-28(29)17-30)14-22-9-11-26(31-3)12-10-22/h4-13,15,17,25,28H,14,16,18-19H2,1-3H3/t25-,28?/m0/s1. The van der Waals surface area contributed by atoms with Crippen LogP contribution in [0.15, 0.2) is 66.7 Å². The minimum Gasteiger partial charge on any atom is -0.497 e. The van der Waals surface area contributed by atoms with Gasteiger partial charge in [-0.2, -0.15) is 0 Å². The summed E-state index contributed by atoms with van der Waals surface area (Å²) in [6, 6.07) is 22.6. The van der Waals surface area contributed by atoms with E-state index >= 15 is 0 Å². The fourth-order valence-corrected chi connectivity index (χ4v) is 4.24. The molecule has 2 atom stereocenters. The predicted molar refractivity (Wildman–Crippen MR) is 129 cm³/mol. The first-order chi connectivity index (χ1) is 16.1. The number of carbonyl (C=O) groups excluding carboxylic acids is 1. The third-order valence-electron chi connectivity index (χ3n) is 6.28. The van der Waals surface area contributed by atoms with Crippen LogP contribution in [0.3, 0.4) is 0 Å². The summed E-state index contributed by atoms with van der Waals surface area (Å²) in [5.74, 6) is 1.71. The van der Waals surface area contributed by atoms with Crippen molar-refractivity contribution in [3.05, 3.63) is 94.5 Å². The van der Waals surface area contributed by atoms with Crippen molar-refractivity contribution in [2.24, 2.45) is 0 Å². The van der Waals surface area contributed by atoms with Gasteiger partial charge < -0.3 is 14.2 Å². The maximum absolute atomic E-state index is 11.7. The van der Waals surface area contributed by atoms with Gasteiger partial charge in [0.2, 0.25) is 0 Å². The van der Waals surface area contributed by atoms with Gasteiger partial charge in [-0.1, -0.05) is 48.5 Å². The lowest BCUT2D eigenvalue weighted by Gasteiger charge is -2.26. The smallest absolute Gasteiger partial charge is 0.167 e. The van der Waals surface area contributed by atoms with E-state index in [0.717, 1.165) is 40.9 Å². The first-order valence-corrected chi connectivity index (χ1v) is 11.3. The monoisotopic (exact) mass is 445 g/mol. The first-order valence-electron chi connectivity index (χ1n) is 11.3. The van der Waals surface area contributed by atoms with Crippen LogP contribution in [0.2, 0.25) is 0 Å². The third kappa shape index (κ3) is 5.62. The zero-order valence-electron chi connectivity index (χ0n) is 19.5. The van der Waals surface area contributed by atoms with E-state index in [1.165, 1.54) is 11.1 Å². The van der Waals surface area contributed by atoms with Gasteiger partial charge in [0.25, 0.3) is 0 Å². The molecule has 3 aromatic rings. The van der Waals surface area contributed by atoms with Crippen molar-refractivity contribution in [2.45, 2.75) is 45.7 Å². The molecule has 0 N–H and O–H groups in total. The lowest BCUT2D eigenvalue weighted by molar-refractivity contribution is -0.122. The Kier molecular flexibility index (Phi) is 7.43. The molecule has 0 radical (unpaired) electrons. The van der Waals surface area contributed by atoms with E-state index < -0.39 is 6.23 Å². The molecule has 0 saturated carbocycles. The Morgan fingerprint density at radius 3 is 2.45 bits per heavy atom. The molecule has 5 heteroatoms. The third-order valence-corrected chi connectivity index (χ3v) is 6.28. The van der Waals surface area contributed by atoms with Crippen LogP contribution < -0.4 is 9.47 Å². The number of ether oxygens (including phenoxy) is 3. The van der Waals surface area contributed by atoms with Crippen LogP contribution in [-0.2, 0) is 29.1 Å². The summed E-state index contributed by atoms with van der Waals surface area (Å²) in [7, 11) is 1.66. The van der Waals surface area contributed by atoms with Crippen LogP contribution in [0.25, 0.3) is 0 Å². The van der Waals surface area contributed by atoms with Crippen molar-refractivity contribution in [3.63, 3.8) is 0 Å². The molecule has 4 rings (SSSR count). The highest BCUT2D eigenvalue weighted by Crippen LogP contribution is 2.28. The molecule has 172 valence electrons. The molecular weight excluding hydrogens is 414 g/mol. The van der Waals surface area contributed by atoms with Gasteiger partial charge >= 0.3 is 0 Å². The van der Waals surface area contributed by atoms with Gasteiger partial charge in [-0.25, -0.2) is 0 Å². The second-order valence-corrected chi connectivity index (χ2v) is 8.55. The molecule has 3 aromatic carbocycles. The summed E-state index contributed by atoms with van der Waals surface area (Å²) >= 11 is 0. The molecule has 0 aliphatic carbocycles. The zero-order valence-corrected chi connectivity index (χ0v) is 19.5. The second kappa shape index (κ2) is 10.6. The fraction of sp³-hybridized carbons (Fsp3) is 0.321. The summed E-state index contributed by atoms with van der Waals surface area (Å²) in [5, 5.41) is 0. The van der Waals surface area contributed by atoms with E-state index in [4.69, 9.17) is 14.2 Å². The average molecular weight is 446 g/mol. The molecule has 0 amide bonds. The van der Waals surface area contributed by atoms with Crippen molar-refractivity contribution in [1.29, 1.82) is 0 Å². The molecular formula is C28H31NO4. The Balaban J connectivity index is 1.50. The molecule has 0 bridgehead atoms. The van der Waals surface area contributed by atoms with Crippen LogP contribution in [0, 0.1) is 13.8 Å². The minimum absolute atomic E-state index is 0.115. The van der Waals surface area contributed by atoms with Gasteiger partial charge in [0.1, 0.15) is 18.1 Å². The second-order valence-electron chi connectivity index (χ2n) is 8.55.